The van der Waals surface area contributed by atoms with E-state index in [9.17, 15) is 0 Å². The molecule has 0 aliphatic carbocycles. The Morgan fingerprint density at radius 1 is 1.35 bits per heavy atom. The number of anilines is 2. The Kier molecular flexibility index (Phi) is 3.07. The Labute approximate surface area is 120 Å². The molecule has 0 saturated carbocycles. The quantitative estimate of drug-likeness (QED) is 0.913. The van der Waals surface area contributed by atoms with Crippen LogP contribution in [0.1, 0.15) is 27.2 Å². The smallest absolute Gasteiger partial charge is 0.180 e. The van der Waals surface area contributed by atoms with Gasteiger partial charge in [-0.1, -0.05) is 20.8 Å². The lowest BCUT2D eigenvalue weighted by Gasteiger charge is -2.27. The van der Waals surface area contributed by atoms with E-state index < -0.39 is 0 Å². The SMILES string of the molecule is CNc1cn2ccnc2c(N2CCC(C(C)(C)C)C2)n1. The molecule has 1 unspecified atom stereocenters. The van der Waals surface area contributed by atoms with Crippen molar-refractivity contribution in [3.8, 4) is 0 Å². The van der Waals surface area contributed by atoms with Gasteiger partial charge < -0.3 is 14.6 Å². The summed E-state index contributed by atoms with van der Waals surface area (Å²) >= 11 is 0. The van der Waals surface area contributed by atoms with Crippen LogP contribution in [0.3, 0.4) is 0 Å². The van der Waals surface area contributed by atoms with Gasteiger partial charge in [0.15, 0.2) is 11.5 Å². The van der Waals surface area contributed by atoms with Crippen LogP contribution in [-0.2, 0) is 0 Å². The normalized spacial score (nSPS) is 19.8. The zero-order chi connectivity index (χ0) is 14.3. The number of nitrogens with one attached hydrogen (secondary N) is 1. The van der Waals surface area contributed by atoms with Crippen molar-refractivity contribution < 1.29 is 0 Å². The highest BCUT2D eigenvalue weighted by Gasteiger charge is 2.33. The van der Waals surface area contributed by atoms with Crippen LogP contribution in [-0.4, -0.2) is 34.5 Å². The molecule has 0 spiro atoms. The molecule has 1 saturated heterocycles. The molecule has 0 bridgehead atoms. The second kappa shape index (κ2) is 4.65. The first-order valence-electron chi connectivity index (χ1n) is 7.25. The van der Waals surface area contributed by atoms with Crippen molar-refractivity contribution in [3.05, 3.63) is 18.6 Å². The van der Waals surface area contributed by atoms with Crippen LogP contribution in [0.2, 0.25) is 0 Å². The molecule has 108 valence electrons. The number of fused-ring (bicyclic) bond motifs is 1. The lowest BCUT2D eigenvalue weighted by atomic mass is 9.80. The van der Waals surface area contributed by atoms with E-state index in [2.05, 4.69) is 36.0 Å². The van der Waals surface area contributed by atoms with E-state index in [0.717, 1.165) is 30.4 Å². The summed E-state index contributed by atoms with van der Waals surface area (Å²) in [4.78, 5) is 11.6. The van der Waals surface area contributed by atoms with Crippen LogP contribution < -0.4 is 10.2 Å². The highest BCUT2D eigenvalue weighted by molar-refractivity contribution is 5.67. The van der Waals surface area contributed by atoms with E-state index in [1.807, 2.05) is 30.0 Å². The first kappa shape index (κ1) is 13.2. The first-order valence-corrected chi connectivity index (χ1v) is 7.25. The Hall–Kier alpha value is -1.78. The van der Waals surface area contributed by atoms with Gasteiger partial charge in [0.25, 0.3) is 0 Å². The van der Waals surface area contributed by atoms with E-state index >= 15 is 0 Å². The van der Waals surface area contributed by atoms with Gasteiger partial charge in [-0.15, -0.1) is 0 Å². The Bertz CT molecular complexity index is 610. The van der Waals surface area contributed by atoms with Crippen molar-refractivity contribution in [3.63, 3.8) is 0 Å². The van der Waals surface area contributed by atoms with Crippen LogP contribution in [0.25, 0.3) is 5.65 Å². The number of hydrogen-bond acceptors (Lipinski definition) is 4. The largest absolute Gasteiger partial charge is 0.372 e. The second-order valence-electron chi connectivity index (χ2n) is 6.66. The van der Waals surface area contributed by atoms with Gasteiger partial charge in [0.2, 0.25) is 0 Å². The number of aromatic nitrogens is 3. The molecule has 0 radical (unpaired) electrons. The van der Waals surface area contributed by atoms with E-state index in [0.29, 0.717) is 11.3 Å². The van der Waals surface area contributed by atoms with Gasteiger partial charge >= 0.3 is 0 Å². The van der Waals surface area contributed by atoms with Crippen molar-refractivity contribution in [2.75, 3.05) is 30.4 Å². The van der Waals surface area contributed by atoms with Crippen LogP contribution >= 0.6 is 0 Å². The summed E-state index contributed by atoms with van der Waals surface area (Å²) in [5, 5.41) is 3.13. The molecule has 5 nitrogen and oxygen atoms in total. The predicted molar refractivity (Wildman–Crippen MR) is 82.3 cm³/mol. The van der Waals surface area contributed by atoms with Gasteiger partial charge in [-0.2, -0.15) is 0 Å². The molecule has 1 fully saturated rings. The Morgan fingerprint density at radius 2 is 2.15 bits per heavy atom. The Balaban J connectivity index is 1.96. The number of imidazole rings is 1. The lowest BCUT2D eigenvalue weighted by Crippen LogP contribution is -2.27. The highest BCUT2D eigenvalue weighted by Crippen LogP contribution is 2.36. The molecular weight excluding hydrogens is 250 g/mol. The molecule has 3 rings (SSSR count). The average Bonchev–Trinajstić information content (AvgIpc) is 3.05. The van der Waals surface area contributed by atoms with Crippen molar-refractivity contribution in [2.45, 2.75) is 27.2 Å². The van der Waals surface area contributed by atoms with Gasteiger partial charge in [0.05, 0.1) is 6.20 Å². The first-order chi connectivity index (χ1) is 9.49. The molecule has 2 aromatic rings. The third-order valence-electron chi connectivity index (χ3n) is 4.33. The van der Waals surface area contributed by atoms with Gasteiger partial charge in [-0.25, -0.2) is 9.97 Å². The number of hydrogen-bond donors (Lipinski definition) is 1. The average molecular weight is 273 g/mol. The molecule has 20 heavy (non-hydrogen) atoms. The maximum atomic E-state index is 4.72. The van der Waals surface area contributed by atoms with Gasteiger partial charge in [-0.05, 0) is 17.8 Å². The van der Waals surface area contributed by atoms with Gasteiger partial charge in [0.1, 0.15) is 5.82 Å². The molecule has 2 aromatic heterocycles. The summed E-state index contributed by atoms with van der Waals surface area (Å²) in [6.45, 7) is 9.09. The van der Waals surface area contributed by atoms with Crippen LogP contribution in [0.5, 0.6) is 0 Å². The van der Waals surface area contributed by atoms with Crippen molar-refractivity contribution in [1.29, 1.82) is 0 Å². The molecule has 0 amide bonds. The Morgan fingerprint density at radius 3 is 2.80 bits per heavy atom. The summed E-state index contributed by atoms with van der Waals surface area (Å²) in [6.07, 6.45) is 7.00. The fourth-order valence-electron chi connectivity index (χ4n) is 2.91. The topological polar surface area (TPSA) is 45.5 Å². The van der Waals surface area contributed by atoms with E-state index in [1.165, 1.54) is 6.42 Å². The maximum absolute atomic E-state index is 4.72. The third kappa shape index (κ3) is 2.21. The highest BCUT2D eigenvalue weighted by atomic mass is 15.3. The molecule has 1 aliphatic rings. The predicted octanol–water partition coefficient (Wildman–Crippen LogP) is 2.64. The minimum absolute atomic E-state index is 0.348. The summed E-state index contributed by atoms with van der Waals surface area (Å²) in [6, 6.07) is 0. The summed E-state index contributed by atoms with van der Waals surface area (Å²) in [5.74, 6) is 2.58. The zero-order valence-electron chi connectivity index (χ0n) is 12.7. The van der Waals surface area contributed by atoms with E-state index in [4.69, 9.17) is 4.98 Å². The molecule has 1 atom stereocenters. The van der Waals surface area contributed by atoms with Gasteiger partial charge in [0, 0.05) is 32.5 Å². The monoisotopic (exact) mass is 273 g/mol. The fourth-order valence-corrected chi connectivity index (χ4v) is 2.91. The molecule has 3 heterocycles. The van der Waals surface area contributed by atoms with Crippen LogP contribution in [0.15, 0.2) is 18.6 Å². The van der Waals surface area contributed by atoms with E-state index in [-0.39, 0.29) is 0 Å². The standard InChI is InChI=1S/C15H23N5/c1-15(2,3)11-5-7-19(9-11)14-13-17-6-8-20(13)10-12(16-4)18-14/h6,8,10-11,16H,5,7,9H2,1-4H3. The maximum Gasteiger partial charge on any atom is 0.180 e. The molecule has 5 heteroatoms. The van der Waals surface area contributed by atoms with E-state index in [1.54, 1.807) is 0 Å². The second-order valence-corrected chi connectivity index (χ2v) is 6.66. The van der Waals surface area contributed by atoms with Crippen molar-refractivity contribution in [2.24, 2.45) is 11.3 Å². The summed E-state index contributed by atoms with van der Waals surface area (Å²) < 4.78 is 2.04. The van der Waals surface area contributed by atoms with Crippen molar-refractivity contribution >= 4 is 17.3 Å². The van der Waals surface area contributed by atoms with Crippen LogP contribution in [0, 0.1) is 11.3 Å². The number of rotatable bonds is 2. The third-order valence-corrected chi connectivity index (χ3v) is 4.33. The van der Waals surface area contributed by atoms with Crippen molar-refractivity contribution in [1.82, 2.24) is 14.4 Å². The lowest BCUT2D eigenvalue weighted by molar-refractivity contribution is 0.263. The fraction of sp³-hybridized carbons (Fsp3) is 0.600. The minimum atomic E-state index is 0.348. The zero-order valence-corrected chi connectivity index (χ0v) is 12.7. The molecule has 1 aliphatic heterocycles. The molecule has 1 N–H and O–H groups in total. The minimum Gasteiger partial charge on any atom is -0.372 e. The molecular formula is C15H23N5. The van der Waals surface area contributed by atoms with Gasteiger partial charge in [-0.3, -0.25) is 0 Å². The molecule has 0 aromatic carbocycles. The number of nitrogens with zero attached hydrogens (tertiary/aromatic N) is 4. The van der Waals surface area contributed by atoms with Crippen LogP contribution in [0.4, 0.5) is 11.6 Å². The summed E-state index contributed by atoms with van der Waals surface area (Å²) in [7, 11) is 1.90. The summed E-state index contributed by atoms with van der Waals surface area (Å²) in [5.41, 5.74) is 1.29.